The van der Waals surface area contributed by atoms with Crippen molar-refractivity contribution in [2.75, 3.05) is 18.5 Å². The van der Waals surface area contributed by atoms with E-state index in [1.165, 1.54) is 0 Å². The highest BCUT2D eigenvalue weighted by Gasteiger charge is 2.15. The molecule has 5 nitrogen and oxygen atoms in total. The molecule has 1 aromatic rings. The third-order valence-electron chi connectivity index (χ3n) is 3.69. The van der Waals surface area contributed by atoms with E-state index in [1.807, 2.05) is 0 Å². The predicted molar refractivity (Wildman–Crippen MR) is 79.2 cm³/mol. The van der Waals surface area contributed by atoms with Crippen LogP contribution in [0.15, 0.2) is 24.3 Å². The first kappa shape index (κ1) is 15.5. The van der Waals surface area contributed by atoms with Crippen LogP contribution in [0.5, 0.6) is 0 Å². The van der Waals surface area contributed by atoms with Crippen molar-refractivity contribution in [3.8, 4) is 0 Å². The monoisotopic (exact) mass is 291 g/mol. The van der Waals surface area contributed by atoms with Gasteiger partial charge in [0.05, 0.1) is 6.42 Å². The summed E-state index contributed by atoms with van der Waals surface area (Å²) in [6, 6.07) is 6.98. The number of rotatable bonds is 6. The number of carboxylic acids is 1. The van der Waals surface area contributed by atoms with E-state index in [0.717, 1.165) is 32.5 Å². The predicted octanol–water partition coefficient (Wildman–Crippen LogP) is 2.46. The van der Waals surface area contributed by atoms with Crippen LogP contribution in [-0.4, -0.2) is 30.2 Å². The lowest BCUT2D eigenvalue weighted by molar-refractivity contribution is -0.136. The molecule has 1 aliphatic rings. The number of anilines is 1. The lowest BCUT2D eigenvalue weighted by Gasteiger charge is -2.21. The van der Waals surface area contributed by atoms with Gasteiger partial charge in [0.15, 0.2) is 0 Å². The third kappa shape index (κ3) is 5.55. The van der Waals surface area contributed by atoms with Gasteiger partial charge in [-0.3, -0.25) is 9.59 Å². The molecular formula is C16H21NO4. The van der Waals surface area contributed by atoms with Crippen molar-refractivity contribution in [3.05, 3.63) is 29.8 Å². The summed E-state index contributed by atoms with van der Waals surface area (Å²) in [6.45, 7) is 1.59. The molecule has 1 aromatic carbocycles. The van der Waals surface area contributed by atoms with E-state index < -0.39 is 5.97 Å². The largest absolute Gasteiger partial charge is 0.481 e. The highest BCUT2D eigenvalue weighted by Crippen LogP contribution is 2.20. The van der Waals surface area contributed by atoms with Crippen LogP contribution in [0.2, 0.25) is 0 Å². The number of hydrogen-bond donors (Lipinski definition) is 2. The lowest BCUT2D eigenvalue weighted by atomic mass is 9.95. The Labute approximate surface area is 124 Å². The maximum Gasteiger partial charge on any atom is 0.307 e. The van der Waals surface area contributed by atoms with E-state index in [9.17, 15) is 9.59 Å². The van der Waals surface area contributed by atoms with E-state index in [4.69, 9.17) is 9.84 Å². The summed E-state index contributed by atoms with van der Waals surface area (Å²) < 4.78 is 5.30. The molecule has 0 radical (unpaired) electrons. The smallest absolute Gasteiger partial charge is 0.307 e. The van der Waals surface area contributed by atoms with Gasteiger partial charge in [0.2, 0.25) is 5.91 Å². The van der Waals surface area contributed by atoms with Crippen LogP contribution in [-0.2, 0) is 20.7 Å². The van der Waals surface area contributed by atoms with Gasteiger partial charge in [0.1, 0.15) is 0 Å². The minimum absolute atomic E-state index is 0.0195. The Morgan fingerprint density at radius 1 is 1.29 bits per heavy atom. The van der Waals surface area contributed by atoms with Gasteiger partial charge >= 0.3 is 5.97 Å². The zero-order chi connectivity index (χ0) is 15.1. The summed E-state index contributed by atoms with van der Waals surface area (Å²) in [5, 5.41) is 11.6. The summed E-state index contributed by atoms with van der Waals surface area (Å²) in [5.74, 6) is -0.324. The molecule has 0 atom stereocenters. The van der Waals surface area contributed by atoms with Crippen LogP contribution >= 0.6 is 0 Å². The molecule has 0 aromatic heterocycles. The fraction of sp³-hybridized carbons (Fsp3) is 0.500. The average Bonchev–Trinajstić information content (AvgIpc) is 2.46. The first-order valence-electron chi connectivity index (χ1n) is 7.32. The number of carbonyl (C=O) groups is 2. The molecular weight excluding hydrogens is 270 g/mol. The Morgan fingerprint density at radius 2 is 2.05 bits per heavy atom. The van der Waals surface area contributed by atoms with Gasteiger partial charge < -0.3 is 15.2 Å². The Kier molecular flexibility index (Phi) is 5.75. The molecule has 114 valence electrons. The van der Waals surface area contributed by atoms with Crippen LogP contribution < -0.4 is 5.32 Å². The lowest BCUT2D eigenvalue weighted by Crippen LogP contribution is -2.18. The highest BCUT2D eigenvalue weighted by molar-refractivity contribution is 5.90. The molecule has 1 amide bonds. The minimum atomic E-state index is -0.877. The van der Waals surface area contributed by atoms with Crippen molar-refractivity contribution in [1.29, 1.82) is 0 Å². The first-order valence-corrected chi connectivity index (χ1v) is 7.32. The highest BCUT2D eigenvalue weighted by atomic mass is 16.5. The van der Waals surface area contributed by atoms with E-state index in [0.29, 0.717) is 23.6 Å². The van der Waals surface area contributed by atoms with Crippen molar-refractivity contribution < 1.29 is 19.4 Å². The number of aliphatic carboxylic acids is 1. The maximum absolute atomic E-state index is 11.9. The number of amides is 1. The van der Waals surface area contributed by atoms with Crippen molar-refractivity contribution in [3.63, 3.8) is 0 Å². The molecule has 2 rings (SSSR count). The first-order chi connectivity index (χ1) is 10.1. The SMILES string of the molecule is O=C(O)Cc1cccc(NC(=O)CCC2CCOCC2)c1. The molecule has 0 spiro atoms. The van der Waals surface area contributed by atoms with E-state index in [2.05, 4.69) is 5.32 Å². The summed E-state index contributed by atoms with van der Waals surface area (Å²) in [7, 11) is 0. The molecule has 0 unspecified atom stereocenters. The normalized spacial score (nSPS) is 15.6. The van der Waals surface area contributed by atoms with Crippen LogP contribution in [0, 0.1) is 5.92 Å². The Balaban J connectivity index is 1.80. The van der Waals surface area contributed by atoms with E-state index in [1.54, 1.807) is 24.3 Å². The zero-order valence-corrected chi connectivity index (χ0v) is 12.0. The van der Waals surface area contributed by atoms with E-state index >= 15 is 0 Å². The van der Waals surface area contributed by atoms with Crippen LogP contribution in [0.1, 0.15) is 31.2 Å². The second kappa shape index (κ2) is 7.78. The standard InChI is InChI=1S/C16H21NO4/c18-15(5-4-12-6-8-21-9-7-12)17-14-3-1-2-13(10-14)11-16(19)20/h1-3,10,12H,4-9,11H2,(H,17,18)(H,19,20). The second-order valence-corrected chi connectivity index (χ2v) is 5.41. The third-order valence-corrected chi connectivity index (χ3v) is 3.69. The van der Waals surface area contributed by atoms with Gasteiger partial charge in [0, 0.05) is 25.3 Å². The second-order valence-electron chi connectivity index (χ2n) is 5.41. The number of carbonyl (C=O) groups excluding carboxylic acids is 1. The van der Waals surface area contributed by atoms with Gasteiger partial charge in [-0.2, -0.15) is 0 Å². The molecule has 21 heavy (non-hydrogen) atoms. The Morgan fingerprint density at radius 3 is 2.76 bits per heavy atom. The number of nitrogens with one attached hydrogen (secondary N) is 1. The van der Waals surface area contributed by atoms with Crippen LogP contribution in [0.3, 0.4) is 0 Å². The molecule has 0 aliphatic carbocycles. The molecule has 1 saturated heterocycles. The van der Waals surface area contributed by atoms with Gasteiger partial charge in [-0.25, -0.2) is 0 Å². The minimum Gasteiger partial charge on any atom is -0.481 e. The van der Waals surface area contributed by atoms with Crippen molar-refractivity contribution >= 4 is 17.6 Å². The van der Waals surface area contributed by atoms with Crippen molar-refractivity contribution in [1.82, 2.24) is 0 Å². The molecule has 0 bridgehead atoms. The summed E-state index contributed by atoms with van der Waals surface area (Å²) in [6.07, 6.45) is 3.40. The summed E-state index contributed by atoms with van der Waals surface area (Å²) in [5.41, 5.74) is 1.34. The summed E-state index contributed by atoms with van der Waals surface area (Å²) in [4.78, 5) is 22.6. The van der Waals surface area contributed by atoms with Crippen LogP contribution in [0.4, 0.5) is 5.69 Å². The Hall–Kier alpha value is -1.88. The van der Waals surface area contributed by atoms with Crippen molar-refractivity contribution in [2.24, 2.45) is 5.92 Å². The number of ether oxygens (including phenoxy) is 1. The van der Waals surface area contributed by atoms with Crippen LogP contribution in [0.25, 0.3) is 0 Å². The summed E-state index contributed by atoms with van der Waals surface area (Å²) >= 11 is 0. The topological polar surface area (TPSA) is 75.6 Å². The fourth-order valence-electron chi connectivity index (χ4n) is 2.53. The number of benzene rings is 1. The molecule has 5 heteroatoms. The maximum atomic E-state index is 11.9. The molecule has 2 N–H and O–H groups in total. The van der Waals surface area contributed by atoms with Gasteiger partial charge in [-0.15, -0.1) is 0 Å². The fourth-order valence-corrected chi connectivity index (χ4v) is 2.53. The van der Waals surface area contributed by atoms with Crippen molar-refractivity contribution in [2.45, 2.75) is 32.1 Å². The number of carboxylic acid groups (broad SMARTS) is 1. The van der Waals surface area contributed by atoms with Gasteiger partial charge in [0.25, 0.3) is 0 Å². The van der Waals surface area contributed by atoms with Gasteiger partial charge in [-0.1, -0.05) is 12.1 Å². The Bertz CT molecular complexity index is 495. The zero-order valence-electron chi connectivity index (χ0n) is 12.0. The van der Waals surface area contributed by atoms with E-state index in [-0.39, 0.29) is 12.3 Å². The molecule has 1 heterocycles. The quantitative estimate of drug-likeness (QED) is 0.844. The molecule has 1 fully saturated rings. The number of hydrogen-bond acceptors (Lipinski definition) is 3. The molecule has 1 aliphatic heterocycles. The average molecular weight is 291 g/mol. The molecule has 0 saturated carbocycles. The van der Waals surface area contributed by atoms with Gasteiger partial charge in [-0.05, 0) is 42.9 Å².